The summed E-state index contributed by atoms with van der Waals surface area (Å²) < 4.78 is 29.1. The fourth-order valence-electron chi connectivity index (χ4n) is 4.97. The van der Waals surface area contributed by atoms with E-state index in [1.54, 1.807) is 12.1 Å². The van der Waals surface area contributed by atoms with Gasteiger partial charge in [0, 0.05) is 28.6 Å². The molecule has 5 rings (SSSR count). The Kier molecular flexibility index (Phi) is 6.94. The second kappa shape index (κ2) is 10.3. The van der Waals surface area contributed by atoms with E-state index in [-0.39, 0.29) is 28.8 Å². The van der Waals surface area contributed by atoms with Gasteiger partial charge in [-0.05, 0) is 68.0 Å². The molecule has 0 aliphatic heterocycles. The van der Waals surface area contributed by atoms with Gasteiger partial charge >= 0.3 is 0 Å². The number of carbonyl (C=O) groups excluding carboxylic acids is 1. The van der Waals surface area contributed by atoms with Crippen LogP contribution in [0.4, 0.5) is 0 Å². The molecule has 0 radical (unpaired) electrons. The van der Waals surface area contributed by atoms with E-state index in [0.717, 1.165) is 27.7 Å². The number of fused-ring (bicyclic) bond motifs is 1. The normalized spacial score (nSPS) is 19.1. The van der Waals surface area contributed by atoms with Gasteiger partial charge in [0.1, 0.15) is 0 Å². The van der Waals surface area contributed by atoms with Crippen LogP contribution in [0.1, 0.15) is 44.2 Å². The van der Waals surface area contributed by atoms with E-state index in [2.05, 4.69) is 15.0 Å². The van der Waals surface area contributed by atoms with Crippen molar-refractivity contribution in [2.24, 2.45) is 5.92 Å². The number of aromatic amines is 1. The first-order chi connectivity index (χ1) is 17.4. The van der Waals surface area contributed by atoms with Crippen LogP contribution < -0.4 is 10.0 Å². The van der Waals surface area contributed by atoms with Crippen LogP contribution in [0.15, 0.2) is 89.8 Å². The molecule has 1 atom stereocenters. The lowest BCUT2D eigenvalue weighted by Gasteiger charge is -2.29. The van der Waals surface area contributed by atoms with Crippen molar-refractivity contribution in [1.29, 1.82) is 0 Å². The van der Waals surface area contributed by atoms with Crippen molar-refractivity contribution in [1.82, 2.24) is 15.0 Å². The molecule has 1 heterocycles. The van der Waals surface area contributed by atoms with Crippen molar-refractivity contribution in [2.45, 2.75) is 49.6 Å². The van der Waals surface area contributed by atoms with E-state index >= 15 is 0 Å². The van der Waals surface area contributed by atoms with Gasteiger partial charge in [0.05, 0.1) is 10.9 Å². The van der Waals surface area contributed by atoms with Crippen molar-refractivity contribution in [3.05, 3.63) is 90.5 Å². The van der Waals surface area contributed by atoms with E-state index in [1.807, 2.05) is 79.7 Å². The van der Waals surface area contributed by atoms with Gasteiger partial charge in [-0.3, -0.25) is 4.79 Å². The van der Waals surface area contributed by atoms with E-state index in [0.29, 0.717) is 25.7 Å². The van der Waals surface area contributed by atoms with Crippen LogP contribution in [0.5, 0.6) is 0 Å². The minimum Gasteiger partial charge on any atom is -0.355 e. The summed E-state index contributed by atoms with van der Waals surface area (Å²) >= 11 is 0. The third-order valence-electron chi connectivity index (χ3n) is 7.07. The van der Waals surface area contributed by atoms with Crippen LogP contribution in [0, 0.1) is 5.92 Å². The van der Waals surface area contributed by atoms with Crippen molar-refractivity contribution in [3.8, 4) is 11.3 Å². The summed E-state index contributed by atoms with van der Waals surface area (Å²) in [6.07, 6.45) is 2.61. The van der Waals surface area contributed by atoms with Gasteiger partial charge in [0.2, 0.25) is 15.9 Å². The Labute approximate surface area is 212 Å². The molecule has 1 amide bonds. The first kappa shape index (κ1) is 24.3. The van der Waals surface area contributed by atoms with Gasteiger partial charge in [-0.25, -0.2) is 13.1 Å². The molecule has 186 valence electrons. The molecule has 1 aliphatic carbocycles. The zero-order chi connectivity index (χ0) is 25.1. The molecule has 4 aromatic rings. The Hall–Kier alpha value is -3.42. The molecular weight excluding hydrogens is 470 g/mol. The van der Waals surface area contributed by atoms with Crippen LogP contribution in [0.3, 0.4) is 0 Å². The molecule has 0 saturated heterocycles. The Morgan fingerprint density at radius 2 is 1.56 bits per heavy atom. The molecule has 1 unspecified atom stereocenters. The minimum absolute atomic E-state index is 0.0415. The topological polar surface area (TPSA) is 91.1 Å². The molecule has 36 heavy (non-hydrogen) atoms. The Bertz CT molecular complexity index is 1440. The Morgan fingerprint density at radius 3 is 2.25 bits per heavy atom. The van der Waals surface area contributed by atoms with Gasteiger partial charge in [-0.1, -0.05) is 60.7 Å². The van der Waals surface area contributed by atoms with E-state index in [4.69, 9.17) is 0 Å². The molecule has 6 nitrogen and oxygen atoms in total. The lowest BCUT2D eigenvalue weighted by Crippen LogP contribution is -2.41. The monoisotopic (exact) mass is 501 g/mol. The van der Waals surface area contributed by atoms with Crippen molar-refractivity contribution >= 4 is 26.8 Å². The van der Waals surface area contributed by atoms with Gasteiger partial charge < -0.3 is 10.3 Å². The number of H-pyrrole nitrogens is 1. The SMILES string of the molecule is CC(NC(=O)C1CCC(NS(=O)(=O)c2ccc3[nH]c(-c4ccccc4)cc3c2)CC1)c1ccccc1. The number of carbonyl (C=O) groups is 1. The molecule has 1 aromatic heterocycles. The summed E-state index contributed by atoms with van der Waals surface area (Å²) in [6.45, 7) is 1.98. The number of aromatic nitrogens is 1. The van der Waals surface area contributed by atoms with Crippen molar-refractivity contribution in [3.63, 3.8) is 0 Å². The maximum atomic E-state index is 13.1. The van der Waals surface area contributed by atoms with Gasteiger partial charge in [0.25, 0.3) is 0 Å². The first-order valence-electron chi connectivity index (χ1n) is 12.4. The summed E-state index contributed by atoms with van der Waals surface area (Å²) in [7, 11) is -3.66. The number of rotatable bonds is 7. The molecule has 1 aliphatic rings. The van der Waals surface area contributed by atoms with Crippen LogP contribution in [0.2, 0.25) is 0 Å². The number of amides is 1. The molecule has 3 N–H and O–H groups in total. The average molecular weight is 502 g/mol. The smallest absolute Gasteiger partial charge is 0.240 e. The summed E-state index contributed by atoms with van der Waals surface area (Å²) in [5.74, 6) is -0.0516. The van der Waals surface area contributed by atoms with Crippen LogP contribution in [-0.2, 0) is 14.8 Å². The van der Waals surface area contributed by atoms with Gasteiger partial charge in [-0.15, -0.1) is 0 Å². The second-order valence-electron chi connectivity index (χ2n) is 9.61. The van der Waals surface area contributed by atoms with Crippen molar-refractivity contribution in [2.75, 3.05) is 0 Å². The molecule has 7 heteroatoms. The Balaban J connectivity index is 1.20. The largest absolute Gasteiger partial charge is 0.355 e. The second-order valence-corrected chi connectivity index (χ2v) is 11.3. The highest BCUT2D eigenvalue weighted by atomic mass is 32.2. The summed E-state index contributed by atoms with van der Waals surface area (Å²) in [5, 5.41) is 3.96. The standard InChI is InChI=1S/C29H31N3O3S/c1-20(21-8-4-2-5-9-21)30-29(33)23-12-14-25(15-13-23)32-36(34,35)26-16-17-27-24(18-26)19-28(31-27)22-10-6-3-7-11-22/h2-11,16-20,23,25,31-32H,12-15H2,1H3,(H,30,33). The third-order valence-corrected chi connectivity index (χ3v) is 8.58. The van der Waals surface area contributed by atoms with Gasteiger partial charge in [0.15, 0.2) is 0 Å². The summed E-state index contributed by atoms with van der Waals surface area (Å²) in [5.41, 5.74) is 3.97. The number of sulfonamides is 1. The predicted octanol–water partition coefficient (Wildman–Crippen LogP) is 5.55. The molecule has 1 saturated carbocycles. The fraction of sp³-hybridized carbons (Fsp3) is 0.276. The summed E-state index contributed by atoms with van der Waals surface area (Å²) in [6, 6.07) is 26.8. The van der Waals surface area contributed by atoms with Crippen LogP contribution in [0.25, 0.3) is 22.2 Å². The molecule has 0 bridgehead atoms. The summed E-state index contributed by atoms with van der Waals surface area (Å²) in [4.78, 5) is 16.4. The quantitative estimate of drug-likeness (QED) is 0.310. The van der Waals surface area contributed by atoms with E-state index in [9.17, 15) is 13.2 Å². The maximum absolute atomic E-state index is 13.1. The Morgan fingerprint density at radius 1 is 0.889 bits per heavy atom. The number of hydrogen-bond acceptors (Lipinski definition) is 3. The first-order valence-corrected chi connectivity index (χ1v) is 13.9. The highest BCUT2D eigenvalue weighted by Crippen LogP contribution is 2.29. The molecular formula is C29H31N3O3S. The number of hydrogen-bond donors (Lipinski definition) is 3. The maximum Gasteiger partial charge on any atom is 0.240 e. The predicted molar refractivity (Wildman–Crippen MR) is 143 cm³/mol. The number of nitrogens with one attached hydrogen (secondary N) is 3. The number of benzene rings is 3. The lowest BCUT2D eigenvalue weighted by atomic mass is 9.85. The molecule has 3 aromatic carbocycles. The fourth-order valence-corrected chi connectivity index (χ4v) is 6.31. The zero-order valence-corrected chi connectivity index (χ0v) is 21.1. The molecule has 1 fully saturated rings. The molecule has 0 spiro atoms. The highest BCUT2D eigenvalue weighted by Gasteiger charge is 2.30. The zero-order valence-electron chi connectivity index (χ0n) is 20.3. The van der Waals surface area contributed by atoms with Crippen LogP contribution in [-0.4, -0.2) is 25.4 Å². The van der Waals surface area contributed by atoms with Gasteiger partial charge in [-0.2, -0.15) is 0 Å². The average Bonchev–Trinajstić information content (AvgIpc) is 3.33. The van der Waals surface area contributed by atoms with E-state index in [1.165, 1.54) is 0 Å². The third kappa shape index (κ3) is 5.37. The van der Waals surface area contributed by atoms with Crippen molar-refractivity contribution < 1.29 is 13.2 Å². The van der Waals surface area contributed by atoms with E-state index < -0.39 is 10.0 Å². The highest BCUT2D eigenvalue weighted by molar-refractivity contribution is 7.89. The minimum atomic E-state index is -3.66. The van der Waals surface area contributed by atoms with Crippen LogP contribution >= 0.6 is 0 Å². The lowest BCUT2D eigenvalue weighted by molar-refractivity contribution is -0.126.